The number of sulfonamides is 1. The Morgan fingerprint density at radius 1 is 1.15 bits per heavy atom. The summed E-state index contributed by atoms with van der Waals surface area (Å²) in [6.45, 7) is 5.61. The molecule has 6 heteroatoms. The first-order valence-corrected chi connectivity index (χ1v) is 10.5. The maximum Gasteiger partial charge on any atom is 0.248 e. The summed E-state index contributed by atoms with van der Waals surface area (Å²) in [6, 6.07) is 13.4. The molecule has 0 unspecified atom stereocenters. The molecule has 0 radical (unpaired) electrons. The number of carbonyl (C=O) groups is 1. The zero-order chi connectivity index (χ0) is 19.1. The molecule has 1 atom stereocenters. The zero-order valence-corrected chi connectivity index (χ0v) is 16.4. The Hall–Kier alpha value is -2.34. The van der Waals surface area contributed by atoms with Crippen molar-refractivity contribution in [3.05, 3.63) is 59.2 Å². The topological polar surface area (TPSA) is 57.7 Å². The van der Waals surface area contributed by atoms with E-state index < -0.39 is 10.0 Å². The predicted octanol–water partition coefficient (Wildman–Crippen LogP) is 3.05. The Morgan fingerprint density at radius 3 is 2.38 bits per heavy atom. The summed E-state index contributed by atoms with van der Waals surface area (Å²) in [5.74, 6) is -0.216. The van der Waals surface area contributed by atoms with Gasteiger partial charge in [0.2, 0.25) is 15.9 Å². The quantitative estimate of drug-likeness (QED) is 0.829. The molecule has 0 spiro atoms. The summed E-state index contributed by atoms with van der Waals surface area (Å²) >= 11 is 0. The molecular weight excluding hydrogens is 348 g/mol. The third-order valence-electron chi connectivity index (χ3n) is 4.65. The van der Waals surface area contributed by atoms with Crippen molar-refractivity contribution in [3.8, 4) is 0 Å². The number of carbonyl (C=O) groups excluding carboxylic acids is 1. The standard InChI is InChI=1S/C20H24N2O3S/c1-14-9-15(2)11-18(10-14)21(26(4,24)25)13-20(23)22-16(3)12-17-7-5-6-8-19(17)22/h5-11,16H,12-13H2,1-4H3/t16-/m1/s1. The molecule has 1 amide bonds. The fourth-order valence-electron chi connectivity index (χ4n) is 3.64. The molecule has 26 heavy (non-hydrogen) atoms. The lowest BCUT2D eigenvalue weighted by Gasteiger charge is -2.28. The highest BCUT2D eigenvalue weighted by Crippen LogP contribution is 2.32. The van der Waals surface area contributed by atoms with Gasteiger partial charge in [-0.1, -0.05) is 24.3 Å². The van der Waals surface area contributed by atoms with E-state index in [0.29, 0.717) is 5.69 Å². The molecule has 0 fully saturated rings. The SMILES string of the molecule is Cc1cc(C)cc(N(CC(=O)N2c3ccccc3C[C@H]2C)S(C)(=O)=O)c1. The molecule has 1 aliphatic rings. The first-order valence-electron chi connectivity index (χ1n) is 8.63. The molecule has 1 heterocycles. The van der Waals surface area contributed by atoms with Crippen molar-refractivity contribution in [3.63, 3.8) is 0 Å². The summed E-state index contributed by atoms with van der Waals surface area (Å²) in [5, 5.41) is 0. The summed E-state index contributed by atoms with van der Waals surface area (Å²) in [7, 11) is -3.59. The van der Waals surface area contributed by atoms with E-state index in [-0.39, 0.29) is 18.5 Å². The average Bonchev–Trinajstić information content (AvgIpc) is 2.86. The van der Waals surface area contributed by atoms with Crippen molar-refractivity contribution < 1.29 is 13.2 Å². The number of fused-ring (bicyclic) bond motifs is 1. The highest BCUT2D eigenvalue weighted by Gasteiger charge is 2.33. The van der Waals surface area contributed by atoms with Crippen LogP contribution in [0.15, 0.2) is 42.5 Å². The van der Waals surface area contributed by atoms with Gasteiger partial charge in [0.25, 0.3) is 0 Å². The average molecular weight is 372 g/mol. The number of benzene rings is 2. The molecular formula is C20H24N2O3S. The molecule has 0 N–H and O–H groups in total. The fourth-order valence-corrected chi connectivity index (χ4v) is 4.47. The van der Waals surface area contributed by atoms with E-state index in [1.54, 1.807) is 17.0 Å². The molecule has 0 aliphatic carbocycles. The predicted molar refractivity (Wildman–Crippen MR) is 105 cm³/mol. The Labute approximate surface area is 155 Å². The Morgan fingerprint density at radius 2 is 1.77 bits per heavy atom. The van der Waals surface area contributed by atoms with Crippen LogP contribution in [0, 0.1) is 13.8 Å². The summed E-state index contributed by atoms with van der Waals surface area (Å²) in [6.07, 6.45) is 1.92. The Balaban J connectivity index is 1.94. The highest BCUT2D eigenvalue weighted by atomic mass is 32.2. The van der Waals surface area contributed by atoms with Gasteiger partial charge in [-0.3, -0.25) is 9.10 Å². The number of aryl methyl sites for hydroxylation is 2. The van der Waals surface area contributed by atoms with Gasteiger partial charge in [0.15, 0.2) is 0 Å². The number of hydrogen-bond acceptors (Lipinski definition) is 3. The maximum atomic E-state index is 13.0. The maximum absolute atomic E-state index is 13.0. The summed E-state index contributed by atoms with van der Waals surface area (Å²) in [5.41, 5.74) is 4.44. The smallest absolute Gasteiger partial charge is 0.248 e. The van der Waals surface area contributed by atoms with Crippen LogP contribution >= 0.6 is 0 Å². The van der Waals surface area contributed by atoms with Crippen molar-refractivity contribution in [1.82, 2.24) is 0 Å². The van der Waals surface area contributed by atoms with Gasteiger partial charge >= 0.3 is 0 Å². The van der Waals surface area contributed by atoms with Gasteiger partial charge in [-0.15, -0.1) is 0 Å². The molecule has 0 bridgehead atoms. The van der Waals surface area contributed by atoms with Crippen LogP contribution in [-0.2, 0) is 21.2 Å². The molecule has 138 valence electrons. The van der Waals surface area contributed by atoms with E-state index in [4.69, 9.17) is 0 Å². The lowest BCUT2D eigenvalue weighted by Crippen LogP contribution is -2.45. The van der Waals surface area contributed by atoms with E-state index in [1.165, 1.54) is 4.31 Å². The Kier molecular flexibility index (Phi) is 4.80. The second-order valence-corrected chi connectivity index (χ2v) is 8.97. The van der Waals surface area contributed by atoms with E-state index >= 15 is 0 Å². The van der Waals surface area contributed by atoms with Gasteiger partial charge in [-0.2, -0.15) is 0 Å². The van der Waals surface area contributed by atoms with Crippen LogP contribution in [0.4, 0.5) is 11.4 Å². The first kappa shape index (κ1) is 18.5. The molecule has 0 aromatic heterocycles. The molecule has 3 rings (SSSR count). The normalized spacial score (nSPS) is 16.5. The molecule has 5 nitrogen and oxygen atoms in total. The zero-order valence-electron chi connectivity index (χ0n) is 15.6. The number of hydrogen-bond donors (Lipinski definition) is 0. The lowest BCUT2D eigenvalue weighted by atomic mass is 10.1. The van der Waals surface area contributed by atoms with Gasteiger partial charge in [0, 0.05) is 11.7 Å². The van der Waals surface area contributed by atoms with Crippen molar-refractivity contribution in [1.29, 1.82) is 0 Å². The van der Waals surface area contributed by atoms with Crippen LogP contribution in [0.25, 0.3) is 0 Å². The number of amides is 1. The number of para-hydroxylation sites is 1. The van der Waals surface area contributed by atoms with Crippen LogP contribution < -0.4 is 9.21 Å². The third kappa shape index (κ3) is 3.60. The minimum atomic E-state index is -3.59. The highest BCUT2D eigenvalue weighted by molar-refractivity contribution is 7.92. The minimum absolute atomic E-state index is 0.0144. The molecule has 0 saturated carbocycles. The number of anilines is 2. The third-order valence-corrected chi connectivity index (χ3v) is 5.79. The lowest BCUT2D eigenvalue weighted by molar-refractivity contribution is -0.117. The summed E-state index contributed by atoms with van der Waals surface area (Å²) < 4.78 is 26.0. The van der Waals surface area contributed by atoms with Gasteiger partial charge in [0.1, 0.15) is 6.54 Å². The second kappa shape index (κ2) is 6.76. The van der Waals surface area contributed by atoms with Crippen molar-refractivity contribution in [2.45, 2.75) is 33.2 Å². The van der Waals surface area contributed by atoms with Gasteiger partial charge in [-0.05, 0) is 62.1 Å². The van der Waals surface area contributed by atoms with E-state index in [1.807, 2.05) is 51.1 Å². The second-order valence-electron chi connectivity index (χ2n) is 7.06. The van der Waals surface area contributed by atoms with Crippen LogP contribution in [0.2, 0.25) is 0 Å². The van der Waals surface area contributed by atoms with Gasteiger partial charge < -0.3 is 4.90 Å². The molecule has 2 aromatic rings. The van der Waals surface area contributed by atoms with Crippen molar-refractivity contribution in [2.24, 2.45) is 0 Å². The van der Waals surface area contributed by atoms with Crippen LogP contribution in [-0.4, -0.2) is 33.2 Å². The van der Waals surface area contributed by atoms with Crippen molar-refractivity contribution in [2.75, 3.05) is 22.0 Å². The van der Waals surface area contributed by atoms with Crippen LogP contribution in [0.1, 0.15) is 23.6 Å². The van der Waals surface area contributed by atoms with Gasteiger partial charge in [-0.25, -0.2) is 8.42 Å². The van der Waals surface area contributed by atoms with Crippen LogP contribution in [0.3, 0.4) is 0 Å². The molecule has 2 aromatic carbocycles. The number of rotatable bonds is 4. The minimum Gasteiger partial charge on any atom is -0.307 e. The first-order chi connectivity index (χ1) is 12.2. The van der Waals surface area contributed by atoms with Gasteiger partial charge in [0.05, 0.1) is 11.9 Å². The van der Waals surface area contributed by atoms with E-state index in [9.17, 15) is 13.2 Å². The largest absolute Gasteiger partial charge is 0.307 e. The Bertz CT molecular complexity index is 933. The van der Waals surface area contributed by atoms with Crippen molar-refractivity contribution >= 4 is 27.3 Å². The monoisotopic (exact) mass is 372 g/mol. The van der Waals surface area contributed by atoms with E-state index in [2.05, 4.69) is 0 Å². The summed E-state index contributed by atoms with van der Waals surface area (Å²) in [4.78, 5) is 14.8. The van der Waals surface area contributed by atoms with Crippen LogP contribution in [0.5, 0.6) is 0 Å². The van der Waals surface area contributed by atoms with E-state index in [0.717, 1.165) is 35.1 Å². The number of nitrogens with zero attached hydrogens (tertiary/aromatic N) is 2. The fraction of sp³-hybridized carbons (Fsp3) is 0.350. The molecule has 0 saturated heterocycles. The molecule has 1 aliphatic heterocycles.